The molecule has 0 aliphatic heterocycles. The quantitative estimate of drug-likeness (QED) is 0.707. The maximum Gasteiger partial charge on any atom is 0.240 e. The molecule has 2 atom stereocenters. The van der Waals surface area contributed by atoms with Gasteiger partial charge in [-0.3, -0.25) is 9.59 Å². The highest BCUT2D eigenvalue weighted by Gasteiger charge is 2.19. The lowest BCUT2D eigenvalue weighted by molar-refractivity contribution is -0.127. The normalized spacial score (nSPS) is 13.3. The number of nitrogens with one attached hydrogen (secondary N) is 2. The van der Waals surface area contributed by atoms with Crippen LogP contribution in [0.3, 0.4) is 0 Å². The van der Waals surface area contributed by atoms with E-state index in [2.05, 4.69) is 15.6 Å². The van der Waals surface area contributed by atoms with E-state index in [4.69, 9.17) is 10.2 Å². The van der Waals surface area contributed by atoms with E-state index in [1.165, 1.54) is 0 Å². The average Bonchev–Trinajstić information content (AvgIpc) is 3.10. The molecular weight excluding hydrogens is 320 g/mol. The summed E-state index contributed by atoms with van der Waals surface area (Å²) in [5.74, 6) is 0.354. The van der Waals surface area contributed by atoms with Gasteiger partial charge in [0, 0.05) is 5.56 Å². The molecule has 2 rings (SSSR count). The Balaban J connectivity index is 1.87. The van der Waals surface area contributed by atoms with Gasteiger partial charge < -0.3 is 20.8 Å². The van der Waals surface area contributed by atoms with Crippen molar-refractivity contribution in [2.75, 3.05) is 6.54 Å². The van der Waals surface area contributed by atoms with Gasteiger partial charge >= 0.3 is 0 Å². The number of benzene rings is 1. The van der Waals surface area contributed by atoms with E-state index in [1.807, 2.05) is 44.2 Å². The number of hydrogen-bond donors (Lipinski definition) is 3. The molecule has 0 spiro atoms. The van der Waals surface area contributed by atoms with Gasteiger partial charge in [0.2, 0.25) is 17.7 Å². The van der Waals surface area contributed by atoms with Crippen LogP contribution in [0.2, 0.25) is 0 Å². The number of nitrogens with zero attached hydrogens (tertiary/aromatic N) is 1. The lowest BCUT2D eigenvalue weighted by atomic mass is 10.1. The predicted molar refractivity (Wildman–Crippen MR) is 94.3 cm³/mol. The first-order valence-electron chi connectivity index (χ1n) is 8.22. The second-order valence-corrected chi connectivity index (χ2v) is 6.21. The molecule has 4 N–H and O–H groups in total. The minimum atomic E-state index is -0.634. The Morgan fingerprint density at radius 3 is 2.52 bits per heavy atom. The Labute approximate surface area is 147 Å². The fraction of sp³-hybridized carbons (Fsp3) is 0.389. The zero-order valence-corrected chi connectivity index (χ0v) is 14.7. The molecule has 0 bridgehead atoms. The van der Waals surface area contributed by atoms with Gasteiger partial charge in [-0.2, -0.15) is 0 Å². The molecule has 1 aromatic heterocycles. The molecule has 2 aromatic rings. The number of carbonyl (C=O) groups excluding carboxylic acids is 2. The smallest absolute Gasteiger partial charge is 0.240 e. The van der Waals surface area contributed by atoms with Gasteiger partial charge in [0.15, 0.2) is 5.76 Å². The number of rotatable bonds is 7. The molecule has 1 aromatic carbocycles. The summed E-state index contributed by atoms with van der Waals surface area (Å²) in [4.78, 5) is 27.9. The van der Waals surface area contributed by atoms with Gasteiger partial charge in [0.25, 0.3) is 0 Å². The molecule has 2 amide bonds. The molecule has 134 valence electrons. The zero-order chi connectivity index (χ0) is 18.4. The van der Waals surface area contributed by atoms with Crippen LogP contribution in [0, 0.1) is 5.92 Å². The van der Waals surface area contributed by atoms with Crippen LogP contribution < -0.4 is 16.4 Å². The van der Waals surface area contributed by atoms with E-state index in [-0.39, 0.29) is 24.3 Å². The Kier molecular flexibility index (Phi) is 6.30. The maximum absolute atomic E-state index is 12.0. The minimum Gasteiger partial charge on any atom is -0.438 e. The Morgan fingerprint density at radius 1 is 1.20 bits per heavy atom. The molecule has 1 unspecified atom stereocenters. The fourth-order valence-electron chi connectivity index (χ4n) is 2.17. The van der Waals surface area contributed by atoms with Crippen molar-refractivity contribution in [1.82, 2.24) is 15.6 Å². The van der Waals surface area contributed by atoms with E-state index >= 15 is 0 Å². The topological polar surface area (TPSA) is 110 Å². The van der Waals surface area contributed by atoms with Gasteiger partial charge in [-0.25, -0.2) is 4.98 Å². The summed E-state index contributed by atoms with van der Waals surface area (Å²) in [5, 5.41) is 5.26. The number of aromatic nitrogens is 1. The number of carbonyl (C=O) groups is 2. The van der Waals surface area contributed by atoms with Crippen LogP contribution in [0.15, 0.2) is 40.9 Å². The van der Waals surface area contributed by atoms with Crippen LogP contribution in [0.5, 0.6) is 0 Å². The molecule has 7 nitrogen and oxygen atoms in total. The number of oxazole rings is 1. The molecular formula is C18H24N4O3. The summed E-state index contributed by atoms with van der Waals surface area (Å²) in [7, 11) is 0. The third-order valence-electron chi connectivity index (χ3n) is 3.77. The standard InChI is InChI=1S/C18H24N4O3/c1-11(2)16(19)17(24)20-10-15(23)22-12(3)18-21-9-14(25-18)13-7-5-4-6-8-13/h4-9,11-12,16H,10,19H2,1-3H3,(H,20,24)(H,22,23)/t12?,16-/m0/s1. The Morgan fingerprint density at radius 2 is 1.88 bits per heavy atom. The Hall–Kier alpha value is -2.67. The summed E-state index contributed by atoms with van der Waals surface area (Å²) in [5.41, 5.74) is 6.64. The van der Waals surface area contributed by atoms with E-state index < -0.39 is 12.1 Å². The molecule has 1 heterocycles. The van der Waals surface area contributed by atoms with Crippen molar-refractivity contribution in [2.24, 2.45) is 11.7 Å². The van der Waals surface area contributed by atoms with Crippen molar-refractivity contribution in [3.63, 3.8) is 0 Å². The molecule has 0 aliphatic carbocycles. The number of nitrogens with two attached hydrogens (primary N) is 1. The third kappa shape index (κ3) is 5.15. The Bertz CT molecular complexity index is 712. The summed E-state index contributed by atoms with van der Waals surface area (Å²) in [6, 6.07) is 8.53. The second kappa shape index (κ2) is 8.43. The van der Waals surface area contributed by atoms with Crippen LogP contribution >= 0.6 is 0 Å². The molecule has 0 radical (unpaired) electrons. The molecule has 7 heteroatoms. The summed E-state index contributed by atoms with van der Waals surface area (Å²) in [6.45, 7) is 5.31. The summed E-state index contributed by atoms with van der Waals surface area (Å²) < 4.78 is 5.69. The van der Waals surface area contributed by atoms with Gasteiger partial charge in [-0.15, -0.1) is 0 Å². The SMILES string of the molecule is CC(NC(=O)CNC(=O)[C@@H](N)C(C)C)c1ncc(-c2ccccc2)o1. The van der Waals surface area contributed by atoms with Crippen LogP contribution in [0.4, 0.5) is 0 Å². The number of amides is 2. The van der Waals surface area contributed by atoms with Gasteiger partial charge in [0.1, 0.15) is 6.04 Å². The molecule has 0 saturated heterocycles. The van der Waals surface area contributed by atoms with Crippen molar-refractivity contribution in [1.29, 1.82) is 0 Å². The predicted octanol–water partition coefficient (Wildman–Crippen LogP) is 1.62. The minimum absolute atomic E-state index is 0.00529. The van der Waals surface area contributed by atoms with Crippen molar-refractivity contribution in [3.05, 3.63) is 42.4 Å². The van der Waals surface area contributed by atoms with Gasteiger partial charge in [0.05, 0.1) is 18.8 Å². The third-order valence-corrected chi connectivity index (χ3v) is 3.77. The van der Waals surface area contributed by atoms with E-state index in [0.29, 0.717) is 11.7 Å². The van der Waals surface area contributed by atoms with Crippen molar-refractivity contribution in [3.8, 4) is 11.3 Å². The first-order chi connectivity index (χ1) is 11.9. The first-order valence-corrected chi connectivity index (χ1v) is 8.22. The molecule has 0 saturated carbocycles. The molecule has 0 aliphatic rings. The average molecular weight is 344 g/mol. The monoisotopic (exact) mass is 344 g/mol. The van der Waals surface area contributed by atoms with E-state index in [9.17, 15) is 9.59 Å². The van der Waals surface area contributed by atoms with Crippen molar-refractivity contribution >= 4 is 11.8 Å². The fourth-order valence-corrected chi connectivity index (χ4v) is 2.17. The largest absolute Gasteiger partial charge is 0.438 e. The van der Waals surface area contributed by atoms with Crippen molar-refractivity contribution in [2.45, 2.75) is 32.9 Å². The summed E-state index contributed by atoms with van der Waals surface area (Å²) in [6.07, 6.45) is 1.62. The first kappa shape index (κ1) is 18.7. The molecule has 0 fully saturated rings. The number of hydrogen-bond acceptors (Lipinski definition) is 5. The molecule has 25 heavy (non-hydrogen) atoms. The van der Waals surface area contributed by atoms with Gasteiger partial charge in [-0.05, 0) is 12.8 Å². The highest BCUT2D eigenvalue weighted by atomic mass is 16.4. The zero-order valence-electron chi connectivity index (χ0n) is 14.7. The van der Waals surface area contributed by atoms with Crippen LogP contribution in [0.1, 0.15) is 32.7 Å². The van der Waals surface area contributed by atoms with E-state index in [1.54, 1.807) is 13.1 Å². The maximum atomic E-state index is 12.0. The highest BCUT2D eigenvalue weighted by Crippen LogP contribution is 2.22. The lowest BCUT2D eigenvalue weighted by Crippen LogP contribution is -2.47. The highest BCUT2D eigenvalue weighted by molar-refractivity contribution is 5.87. The van der Waals surface area contributed by atoms with Gasteiger partial charge in [-0.1, -0.05) is 44.2 Å². The van der Waals surface area contributed by atoms with Crippen LogP contribution in [-0.4, -0.2) is 29.4 Å². The van der Waals surface area contributed by atoms with Crippen LogP contribution in [-0.2, 0) is 9.59 Å². The lowest BCUT2D eigenvalue weighted by Gasteiger charge is -2.16. The van der Waals surface area contributed by atoms with Crippen LogP contribution in [0.25, 0.3) is 11.3 Å². The summed E-state index contributed by atoms with van der Waals surface area (Å²) >= 11 is 0. The second-order valence-electron chi connectivity index (χ2n) is 6.21. The van der Waals surface area contributed by atoms with Crippen molar-refractivity contribution < 1.29 is 14.0 Å². The van der Waals surface area contributed by atoms with E-state index in [0.717, 1.165) is 5.56 Å².